The monoisotopic (exact) mass is 280 g/mol. The van der Waals surface area contributed by atoms with Crippen molar-refractivity contribution in [3.05, 3.63) is 45.4 Å². The summed E-state index contributed by atoms with van der Waals surface area (Å²) in [5.41, 5.74) is 6.34. The Morgan fingerprint density at radius 1 is 1.47 bits per heavy atom. The van der Waals surface area contributed by atoms with E-state index in [-0.39, 0.29) is 11.3 Å². The Hall–Kier alpha value is -2.08. The smallest absolute Gasteiger partial charge is 0.340 e. The number of halogens is 1. The maximum Gasteiger partial charge on any atom is 0.340 e. The Bertz CT molecular complexity index is 625. The molecule has 0 aliphatic carbocycles. The second-order valence-electron chi connectivity index (χ2n) is 4.07. The van der Waals surface area contributed by atoms with Crippen LogP contribution in [0.4, 0.5) is 15.8 Å². The number of nitrogens with two attached hydrogens (primary N) is 1. The van der Waals surface area contributed by atoms with Crippen molar-refractivity contribution in [2.24, 2.45) is 0 Å². The lowest BCUT2D eigenvalue weighted by Gasteiger charge is -2.11. The minimum absolute atomic E-state index is 0.228. The molecule has 0 unspecified atom stereocenters. The average molecular weight is 280 g/mol. The second kappa shape index (κ2) is 5.27. The summed E-state index contributed by atoms with van der Waals surface area (Å²) in [5, 5.41) is 14.0. The van der Waals surface area contributed by atoms with Crippen molar-refractivity contribution >= 4 is 28.7 Å². The third-order valence-electron chi connectivity index (χ3n) is 2.81. The topological polar surface area (TPSA) is 75.3 Å². The molecule has 1 aromatic carbocycles. The van der Waals surface area contributed by atoms with Gasteiger partial charge in [-0.3, -0.25) is 0 Å². The standard InChI is InChI=1S/C13H13FN2O2S/c1-7-4-5-19-10(7)6-16-9-3-2-8(14)12(15)11(9)13(17)18/h2-5,16H,6,15H2,1H3,(H,17,18). The zero-order chi connectivity index (χ0) is 14.0. The maximum atomic E-state index is 13.3. The molecule has 6 heteroatoms. The van der Waals surface area contributed by atoms with Crippen LogP contribution in [0.5, 0.6) is 0 Å². The van der Waals surface area contributed by atoms with Gasteiger partial charge in [-0.05, 0) is 36.1 Å². The summed E-state index contributed by atoms with van der Waals surface area (Å²) in [5.74, 6) is -1.97. The number of benzene rings is 1. The molecule has 4 N–H and O–H groups in total. The van der Waals surface area contributed by atoms with E-state index < -0.39 is 11.8 Å². The number of carbonyl (C=O) groups is 1. The van der Waals surface area contributed by atoms with Gasteiger partial charge in [-0.2, -0.15) is 0 Å². The predicted octanol–water partition coefficient (Wildman–Crippen LogP) is 3.09. The van der Waals surface area contributed by atoms with Gasteiger partial charge in [0.15, 0.2) is 0 Å². The van der Waals surface area contributed by atoms with Crippen molar-refractivity contribution in [1.29, 1.82) is 0 Å². The van der Waals surface area contributed by atoms with Gasteiger partial charge >= 0.3 is 5.97 Å². The number of nitrogens with one attached hydrogen (secondary N) is 1. The third-order valence-corrected chi connectivity index (χ3v) is 3.84. The summed E-state index contributed by atoms with van der Waals surface area (Å²) < 4.78 is 13.3. The van der Waals surface area contributed by atoms with Gasteiger partial charge in [-0.1, -0.05) is 0 Å². The minimum Gasteiger partial charge on any atom is -0.478 e. The minimum atomic E-state index is -1.25. The van der Waals surface area contributed by atoms with E-state index in [1.807, 2.05) is 18.4 Å². The van der Waals surface area contributed by atoms with Crippen molar-refractivity contribution in [1.82, 2.24) is 0 Å². The number of hydrogen-bond donors (Lipinski definition) is 3. The van der Waals surface area contributed by atoms with Gasteiger partial charge in [-0.15, -0.1) is 11.3 Å². The quantitative estimate of drug-likeness (QED) is 0.752. The van der Waals surface area contributed by atoms with Crippen LogP contribution in [-0.2, 0) is 6.54 Å². The van der Waals surface area contributed by atoms with Crippen LogP contribution in [0.2, 0.25) is 0 Å². The summed E-state index contributed by atoms with van der Waals surface area (Å²) in [6, 6.07) is 4.53. The van der Waals surface area contributed by atoms with Gasteiger partial charge < -0.3 is 16.2 Å². The van der Waals surface area contributed by atoms with Crippen LogP contribution < -0.4 is 11.1 Å². The number of aryl methyl sites for hydroxylation is 1. The summed E-state index contributed by atoms with van der Waals surface area (Å²) in [6.07, 6.45) is 0. The van der Waals surface area contributed by atoms with Gasteiger partial charge in [0, 0.05) is 11.4 Å². The Kier molecular flexibility index (Phi) is 3.71. The van der Waals surface area contributed by atoms with Gasteiger partial charge in [0.2, 0.25) is 0 Å². The SMILES string of the molecule is Cc1ccsc1CNc1ccc(F)c(N)c1C(=O)O. The van der Waals surface area contributed by atoms with E-state index in [0.29, 0.717) is 12.2 Å². The first-order chi connectivity index (χ1) is 9.00. The first kappa shape index (κ1) is 13.4. The summed E-state index contributed by atoms with van der Waals surface area (Å²) >= 11 is 1.58. The van der Waals surface area contributed by atoms with Crippen LogP contribution in [0, 0.1) is 12.7 Å². The molecule has 0 radical (unpaired) electrons. The van der Waals surface area contributed by atoms with Crippen LogP contribution in [0.3, 0.4) is 0 Å². The summed E-state index contributed by atoms with van der Waals surface area (Å²) in [4.78, 5) is 12.2. The lowest BCUT2D eigenvalue weighted by molar-refractivity contribution is 0.0698. The Balaban J connectivity index is 2.28. The van der Waals surface area contributed by atoms with E-state index in [0.717, 1.165) is 16.5 Å². The van der Waals surface area contributed by atoms with Crippen molar-refractivity contribution in [2.45, 2.75) is 13.5 Å². The zero-order valence-electron chi connectivity index (χ0n) is 10.2. The number of carboxylic acid groups (broad SMARTS) is 1. The van der Waals surface area contributed by atoms with E-state index in [9.17, 15) is 9.18 Å². The lowest BCUT2D eigenvalue weighted by Crippen LogP contribution is -2.10. The molecule has 0 fully saturated rings. The van der Waals surface area contributed by atoms with Crippen molar-refractivity contribution < 1.29 is 14.3 Å². The highest BCUT2D eigenvalue weighted by Crippen LogP contribution is 2.26. The van der Waals surface area contributed by atoms with Crippen LogP contribution >= 0.6 is 11.3 Å². The molecule has 0 saturated heterocycles. The molecule has 2 rings (SSSR count). The molecule has 0 aliphatic heterocycles. The highest BCUT2D eigenvalue weighted by Gasteiger charge is 2.17. The normalized spacial score (nSPS) is 10.4. The number of rotatable bonds is 4. The number of anilines is 2. The average Bonchev–Trinajstić information content (AvgIpc) is 2.76. The molecule has 0 atom stereocenters. The van der Waals surface area contributed by atoms with Crippen molar-refractivity contribution in [2.75, 3.05) is 11.1 Å². The molecule has 19 heavy (non-hydrogen) atoms. The first-order valence-corrected chi connectivity index (χ1v) is 6.46. The van der Waals surface area contributed by atoms with E-state index in [4.69, 9.17) is 10.8 Å². The highest BCUT2D eigenvalue weighted by molar-refractivity contribution is 7.10. The fraction of sp³-hybridized carbons (Fsp3) is 0.154. The summed E-state index contributed by atoms with van der Waals surface area (Å²) in [6.45, 7) is 2.46. The number of aromatic carboxylic acids is 1. The van der Waals surface area contributed by atoms with Gasteiger partial charge in [0.05, 0.1) is 11.4 Å². The second-order valence-corrected chi connectivity index (χ2v) is 5.07. The molecule has 100 valence electrons. The van der Waals surface area contributed by atoms with Gasteiger partial charge in [-0.25, -0.2) is 9.18 Å². The predicted molar refractivity (Wildman–Crippen MR) is 74.2 cm³/mol. The van der Waals surface area contributed by atoms with E-state index in [1.165, 1.54) is 6.07 Å². The fourth-order valence-electron chi connectivity index (χ4n) is 1.73. The Morgan fingerprint density at radius 3 is 2.79 bits per heavy atom. The molecule has 1 aromatic heterocycles. The van der Waals surface area contributed by atoms with E-state index >= 15 is 0 Å². The molecular formula is C13H13FN2O2S. The van der Waals surface area contributed by atoms with Gasteiger partial charge in [0.1, 0.15) is 11.4 Å². The molecule has 1 heterocycles. The molecule has 0 spiro atoms. The Morgan fingerprint density at radius 2 is 2.21 bits per heavy atom. The number of nitrogen functional groups attached to an aromatic ring is 1. The fourth-order valence-corrected chi connectivity index (χ4v) is 2.58. The van der Waals surface area contributed by atoms with Crippen molar-refractivity contribution in [3.63, 3.8) is 0 Å². The number of carboxylic acids is 1. The Labute approximate surface area is 113 Å². The molecule has 4 nitrogen and oxygen atoms in total. The van der Waals surface area contributed by atoms with Crippen molar-refractivity contribution in [3.8, 4) is 0 Å². The van der Waals surface area contributed by atoms with Crippen LogP contribution in [0.15, 0.2) is 23.6 Å². The van der Waals surface area contributed by atoms with Crippen LogP contribution in [0.1, 0.15) is 20.8 Å². The first-order valence-electron chi connectivity index (χ1n) is 5.59. The summed E-state index contributed by atoms with van der Waals surface area (Å²) in [7, 11) is 0. The van der Waals surface area contributed by atoms with Crippen LogP contribution in [0.25, 0.3) is 0 Å². The molecule has 2 aromatic rings. The molecule has 0 aliphatic rings. The molecule has 0 saturated carbocycles. The third kappa shape index (κ3) is 2.68. The van der Waals surface area contributed by atoms with E-state index in [1.54, 1.807) is 11.3 Å². The largest absolute Gasteiger partial charge is 0.478 e. The number of thiophene rings is 1. The lowest BCUT2D eigenvalue weighted by atomic mass is 10.1. The van der Waals surface area contributed by atoms with Crippen LogP contribution in [-0.4, -0.2) is 11.1 Å². The van der Waals surface area contributed by atoms with E-state index in [2.05, 4.69) is 5.32 Å². The molecule has 0 bridgehead atoms. The zero-order valence-corrected chi connectivity index (χ0v) is 11.1. The highest BCUT2D eigenvalue weighted by atomic mass is 32.1. The molecular weight excluding hydrogens is 267 g/mol. The maximum absolute atomic E-state index is 13.3. The molecule has 0 amide bonds. The number of hydrogen-bond acceptors (Lipinski definition) is 4. The van der Waals surface area contributed by atoms with Gasteiger partial charge in [0.25, 0.3) is 0 Å².